The van der Waals surface area contributed by atoms with E-state index in [0.717, 1.165) is 0 Å². The van der Waals surface area contributed by atoms with E-state index in [4.69, 9.17) is 0 Å². The van der Waals surface area contributed by atoms with Crippen molar-refractivity contribution >= 4 is 11.3 Å². The number of aromatic nitrogens is 3. The molecule has 12 heavy (non-hydrogen) atoms. The number of rotatable bonds is 1. The number of nitrogens with zero attached hydrogens (tertiary/aromatic N) is 2. The molecule has 2 aromatic heterocycles. The number of aryl methyl sites for hydroxylation is 1. The van der Waals surface area contributed by atoms with Crippen LogP contribution in [-0.4, -0.2) is 15.2 Å². The van der Waals surface area contributed by atoms with Crippen LogP contribution in [0.15, 0.2) is 11.4 Å². The summed E-state index contributed by atoms with van der Waals surface area (Å²) in [5, 5.41) is 8.19. The van der Waals surface area contributed by atoms with Gasteiger partial charge in [-0.2, -0.15) is 5.10 Å². The van der Waals surface area contributed by atoms with Crippen molar-refractivity contribution in [2.75, 3.05) is 0 Å². The average molecular weight is 183 g/mol. The van der Waals surface area contributed by atoms with Crippen LogP contribution < -0.4 is 0 Å². The Bertz CT molecular complexity index is 393. The smallest absolute Gasteiger partial charge is 0.194 e. The quantitative estimate of drug-likeness (QED) is 0.734. The lowest BCUT2D eigenvalue weighted by Crippen LogP contribution is -1.78. The molecule has 0 aromatic carbocycles. The number of hydrogen-bond acceptors (Lipinski definition) is 3. The molecule has 3 nitrogen and oxygen atoms in total. The molecule has 5 heteroatoms. The summed E-state index contributed by atoms with van der Waals surface area (Å²) < 4.78 is 13.0. The highest BCUT2D eigenvalue weighted by Gasteiger charge is 2.10. The molecule has 2 rings (SSSR count). The van der Waals surface area contributed by atoms with Gasteiger partial charge >= 0.3 is 0 Å². The Hall–Kier alpha value is -1.23. The first-order chi connectivity index (χ1) is 5.77. The maximum absolute atomic E-state index is 13.0. The van der Waals surface area contributed by atoms with Crippen molar-refractivity contribution in [3.63, 3.8) is 0 Å². The summed E-state index contributed by atoms with van der Waals surface area (Å²) in [6, 6.07) is 1.41. The summed E-state index contributed by atoms with van der Waals surface area (Å²) in [5.41, 5.74) is 0. The predicted molar refractivity (Wildman–Crippen MR) is 44.4 cm³/mol. The van der Waals surface area contributed by atoms with E-state index in [1.165, 1.54) is 17.4 Å². The van der Waals surface area contributed by atoms with Crippen molar-refractivity contribution in [1.29, 1.82) is 0 Å². The Kier molecular flexibility index (Phi) is 1.65. The summed E-state index contributed by atoms with van der Waals surface area (Å²) in [5.74, 6) is 0.858. The third-order valence-corrected chi connectivity index (χ3v) is 2.30. The second kappa shape index (κ2) is 2.67. The van der Waals surface area contributed by atoms with Crippen LogP contribution in [0.2, 0.25) is 0 Å². The third-order valence-electron chi connectivity index (χ3n) is 1.42. The van der Waals surface area contributed by atoms with Gasteiger partial charge in [-0.25, -0.2) is 9.37 Å². The molecule has 0 saturated heterocycles. The SMILES string of the molecule is Cc1nc(-c2sccc2F)n[nH]1. The van der Waals surface area contributed by atoms with E-state index in [9.17, 15) is 4.39 Å². The molecule has 0 amide bonds. The molecule has 0 atom stereocenters. The highest BCUT2D eigenvalue weighted by Crippen LogP contribution is 2.24. The van der Waals surface area contributed by atoms with Gasteiger partial charge in [0.05, 0.1) is 0 Å². The summed E-state index contributed by atoms with van der Waals surface area (Å²) in [6.07, 6.45) is 0. The van der Waals surface area contributed by atoms with Crippen molar-refractivity contribution in [3.8, 4) is 10.7 Å². The largest absolute Gasteiger partial charge is 0.263 e. The van der Waals surface area contributed by atoms with Crippen LogP contribution in [-0.2, 0) is 0 Å². The molecular weight excluding hydrogens is 177 g/mol. The molecule has 1 N–H and O–H groups in total. The molecular formula is C7H6FN3S. The Morgan fingerprint density at radius 1 is 1.58 bits per heavy atom. The van der Waals surface area contributed by atoms with E-state index < -0.39 is 0 Å². The van der Waals surface area contributed by atoms with Gasteiger partial charge in [0.15, 0.2) is 5.82 Å². The molecule has 0 spiro atoms. The highest BCUT2D eigenvalue weighted by atomic mass is 32.1. The van der Waals surface area contributed by atoms with Crippen molar-refractivity contribution in [1.82, 2.24) is 15.2 Å². The van der Waals surface area contributed by atoms with Gasteiger partial charge in [0.25, 0.3) is 0 Å². The maximum atomic E-state index is 13.0. The van der Waals surface area contributed by atoms with Gasteiger partial charge in [-0.3, -0.25) is 5.10 Å². The molecule has 0 radical (unpaired) electrons. The van der Waals surface area contributed by atoms with Crippen molar-refractivity contribution in [2.24, 2.45) is 0 Å². The molecule has 0 unspecified atom stereocenters. The first-order valence-electron chi connectivity index (χ1n) is 3.40. The van der Waals surface area contributed by atoms with Gasteiger partial charge < -0.3 is 0 Å². The van der Waals surface area contributed by atoms with Crippen LogP contribution in [0.1, 0.15) is 5.82 Å². The maximum Gasteiger partial charge on any atom is 0.194 e. The number of H-pyrrole nitrogens is 1. The van der Waals surface area contributed by atoms with Gasteiger partial charge in [-0.05, 0) is 18.4 Å². The Morgan fingerprint density at radius 2 is 2.42 bits per heavy atom. The van der Waals surface area contributed by atoms with E-state index >= 15 is 0 Å². The second-order valence-electron chi connectivity index (χ2n) is 2.34. The normalized spacial score (nSPS) is 10.5. The lowest BCUT2D eigenvalue weighted by Gasteiger charge is -1.85. The van der Waals surface area contributed by atoms with Gasteiger partial charge in [-0.1, -0.05) is 0 Å². The number of aromatic amines is 1. The lowest BCUT2D eigenvalue weighted by molar-refractivity contribution is 0.635. The molecule has 0 saturated carbocycles. The van der Waals surface area contributed by atoms with E-state index in [-0.39, 0.29) is 5.82 Å². The first kappa shape index (κ1) is 7.42. The van der Waals surface area contributed by atoms with Crippen molar-refractivity contribution in [2.45, 2.75) is 6.92 Å². The zero-order valence-electron chi connectivity index (χ0n) is 6.34. The summed E-state index contributed by atoms with van der Waals surface area (Å²) in [7, 11) is 0. The number of nitrogens with one attached hydrogen (secondary N) is 1. The minimum Gasteiger partial charge on any atom is -0.263 e. The van der Waals surface area contributed by atoms with Crippen LogP contribution in [0.4, 0.5) is 4.39 Å². The zero-order chi connectivity index (χ0) is 8.55. The minimum atomic E-state index is -0.265. The highest BCUT2D eigenvalue weighted by molar-refractivity contribution is 7.13. The fourth-order valence-electron chi connectivity index (χ4n) is 0.898. The summed E-state index contributed by atoms with van der Waals surface area (Å²) >= 11 is 1.30. The van der Waals surface area contributed by atoms with Gasteiger partial charge in [0.1, 0.15) is 16.5 Å². The fourth-order valence-corrected chi connectivity index (χ4v) is 1.60. The number of hydrogen-bond donors (Lipinski definition) is 1. The van der Waals surface area contributed by atoms with Crippen molar-refractivity contribution < 1.29 is 4.39 Å². The van der Waals surface area contributed by atoms with Crippen LogP contribution in [0.5, 0.6) is 0 Å². The van der Waals surface area contributed by atoms with Gasteiger partial charge in [0.2, 0.25) is 0 Å². The van der Waals surface area contributed by atoms with E-state index in [0.29, 0.717) is 16.5 Å². The monoisotopic (exact) mass is 183 g/mol. The summed E-state index contributed by atoms with van der Waals surface area (Å²) in [4.78, 5) is 4.50. The predicted octanol–water partition coefficient (Wildman–Crippen LogP) is 1.98. The molecule has 0 bridgehead atoms. The Labute approximate surface area is 72.3 Å². The third kappa shape index (κ3) is 1.12. The number of halogens is 1. The molecule has 0 aliphatic rings. The fraction of sp³-hybridized carbons (Fsp3) is 0.143. The van der Waals surface area contributed by atoms with E-state index in [1.807, 2.05) is 0 Å². The second-order valence-corrected chi connectivity index (χ2v) is 3.26. The van der Waals surface area contributed by atoms with Crippen LogP contribution in [0.3, 0.4) is 0 Å². The van der Waals surface area contributed by atoms with Crippen molar-refractivity contribution in [3.05, 3.63) is 23.1 Å². The number of thiophene rings is 1. The van der Waals surface area contributed by atoms with E-state index in [1.54, 1.807) is 12.3 Å². The molecule has 2 heterocycles. The molecule has 0 aliphatic heterocycles. The van der Waals surface area contributed by atoms with E-state index in [2.05, 4.69) is 15.2 Å². The zero-order valence-corrected chi connectivity index (χ0v) is 7.15. The molecule has 62 valence electrons. The lowest BCUT2D eigenvalue weighted by atomic mass is 10.4. The molecule has 0 fully saturated rings. The van der Waals surface area contributed by atoms with Crippen LogP contribution in [0.25, 0.3) is 10.7 Å². The van der Waals surface area contributed by atoms with Crippen LogP contribution in [0, 0.1) is 12.7 Å². The topological polar surface area (TPSA) is 41.6 Å². The average Bonchev–Trinajstić information content (AvgIpc) is 2.58. The van der Waals surface area contributed by atoms with Crippen LogP contribution >= 0.6 is 11.3 Å². The first-order valence-corrected chi connectivity index (χ1v) is 4.27. The molecule has 2 aromatic rings. The minimum absolute atomic E-state index is 0.265. The standard InChI is InChI=1S/C7H6FN3S/c1-4-9-7(11-10-4)6-5(8)2-3-12-6/h2-3H,1H3,(H,9,10,11). The molecule has 0 aliphatic carbocycles. The Morgan fingerprint density at radius 3 is 2.92 bits per heavy atom. The Balaban J connectivity index is 2.50. The van der Waals surface area contributed by atoms with Gasteiger partial charge in [0, 0.05) is 0 Å². The van der Waals surface area contributed by atoms with Gasteiger partial charge in [-0.15, -0.1) is 11.3 Å². The summed E-state index contributed by atoms with van der Waals surface area (Å²) in [6.45, 7) is 1.78.